The van der Waals surface area contributed by atoms with Crippen molar-refractivity contribution < 1.29 is 4.79 Å². The van der Waals surface area contributed by atoms with Crippen LogP contribution in [-0.2, 0) is 4.79 Å². The number of amides is 1. The van der Waals surface area contributed by atoms with Crippen LogP contribution in [-0.4, -0.2) is 21.1 Å². The molecule has 0 fully saturated rings. The molecule has 0 spiro atoms. The third-order valence-electron chi connectivity index (χ3n) is 3.84. The number of nitrogens with one attached hydrogen (secondary N) is 3. The second-order valence-corrected chi connectivity index (χ2v) is 6.42. The van der Waals surface area contributed by atoms with Crippen LogP contribution in [0.3, 0.4) is 0 Å². The van der Waals surface area contributed by atoms with Crippen molar-refractivity contribution in [3.63, 3.8) is 0 Å². The molecule has 1 heterocycles. The van der Waals surface area contributed by atoms with E-state index in [9.17, 15) is 4.79 Å². The fraction of sp³-hybridized carbons (Fsp3) is 0.200. The highest BCUT2D eigenvalue weighted by atomic mass is 16.1. The van der Waals surface area contributed by atoms with Crippen LogP contribution in [0.4, 0.5) is 28.8 Å². The van der Waals surface area contributed by atoms with Gasteiger partial charge in [-0.1, -0.05) is 38.1 Å². The van der Waals surface area contributed by atoms with E-state index in [1.807, 2.05) is 42.5 Å². The summed E-state index contributed by atoms with van der Waals surface area (Å²) in [4.78, 5) is 15.7. The van der Waals surface area contributed by atoms with Crippen LogP contribution < -0.4 is 16.0 Å². The summed E-state index contributed by atoms with van der Waals surface area (Å²) in [7, 11) is 0. The number of aromatic nitrogens is 3. The Morgan fingerprint density at radius 1 is 1.00 bits per heavy atom. The summed E-state index contributed by atoms with van der Waals surface area (Å²) in [6.07, 6.45) is 1.55. The van der Waals surface area contributed by atoms with Gasteiger partial charge in [0.25, 0.3) is 0 Å². The van der Waals surface area contributed by atoms with Gasteiger partial charge in [0.1, 0.15) is 0 Å². The molecule has 0 radical (unpaired) electrons. The molecule has 138 valence electrons. The molecular weight excluding hydrogens is 340 g/mol. The molecule has 0 bridgehead atoms. The van der Waals surface area contributed by atoms with Gasteiger partial charge in [0, 0.05) is 24.0 Å². The van der Waals surface area contributed by atoms with Crippen LogP contribution in [0.15, 0.2) is 54.7 Å². The van der Waals surface area contributed by atoms with Crippen LogP contribution in [0.5, 0.6) is 0 Å². The van der Waals surface area contributed by atoms with E-state index in [1.165, 1.54) is 12.5 Å². The first-order valence-electron chi connectivity index (χ1n) is 8.71. The number of anilines is 5. The normalized spacial score (nSPS) is 10.5. The maximum absolute atomic E-state index is 11.2. The summed E-state index contributed by atoms with van der Waals surface area (Å²) in [6, 6.07) is 15.4. The maximum atomic E-state index is 11.2. The number of carbonyl (C=O) groups is 1. The Morgan fingerprint density at radius 3 is 2.56 bits per heavy atom. The largest absolute Gasteiger partial charge is 0.339 e. The number of nitrogens with zero attached hydrogens (tertiary/aromatic N) is 3. The third-order valence-corrected chi connectivity index (χ3v) is 3.84. The first-order valence-corrected chi connectivity index (χ1v) is 8.71. The van der Waals surface area contributed by atoms with Crippen LogP contribution in [0, 0.1) is 0 Å². The Hall–Kier alpha value is -3.48. The lowest BCUT2D eigenvalue weighted by Gasteiger charge is -2.13. The van der Waals surface area contributed by atoms with E-state index in [0.29, 0.717) is 23.4 Å². The predicted octanol–water partition coefficient (Wildman–Crippen LogP) is 4.44. The van der Waals surface area contributed by atoms with Crippen molar-refractivity contribution in [2.75, 3.05) is 16.0 Å². The number of para-hydroxylation sites is 1. The van der Waals surface area contributed by atoms with Crippen molar-refractivity contribution in [1.82, 2.24) is 15.2 Å². The first-order chi connectivity index (χ1) is 13.0. The Kier molecular flexibility index (Phi) is 5.61. The molecule has 27 heavy (non-hydrogen) atoms. The van der Waals surface area contributed by atoms with Gasteiger partial charge in [-0.3, -0.25) is 4.79 Å². The highest BCUT2D eigenvalue weighted by molar-refractivity contribution is 5.89. The fourth-order valence-electron chi connectivity index (χ4n) is 2.68. The zero-order valence-corrected chi connectivity index (χ0v) is 15.5. The summed E-state index contributed by atoms with van der Waals surface area (Å²) in [5, 5.41) is 17.2. The molecule has 0 atom stereocenters. The highest BCUT2D eigenvalue weighted by Gasteiger charge is 2.08. The Bertz CT molecular complexity index is 941. The summed E-state index contributed by atoms with van der Waals surface area (Å²) in [5.41, 5.74) is 3.63. The van der Waals surface area contributed by atoms with E-state index in [4.69, 9.17) is 0 Å². The van der Waals surface area contributed by atoms with E-state index < -0.39 is 0 Å². The number of rotatable bonds is 6. The van der Waals surface area contributed by atoms with Crippen LogP contribution in [0.2, 0.25) is 0 Å². The number of benzene rings is 2. The van der Waals surface area contributed by atoms with Crippen molar-refractivity contribution >= 4 is 34.7 Å². The average molecular weight is 362 g/mol. The standard InChI is InChI=1S/C20H22N6O/c1-13(2)17-9-4-5-10-18(17)24-20-25-19(12-21-26-20)23-16-8-6-7-15(11-16)22-14(3)27/h4-13H,1-3H3,(H,22,27)(H2,23,24,25,26). The molecule has 0 saturated carbocycles. The molecule has 3 aromatic rings. The molecule has 0 unspecified atom stereocenters. The SMILES string of the molecule is CC(=O)Nc1cccc(Nc2cnnc(Nc3ccccc3C(C)C)n2)c1. The molecule has 3 rings (SSSR count). The van der Waals surface area contributed by atoms with E-state index in [1.54, 1.807) is 6.20 Å². The van der Waals surface area contributed by atoms with Crippen molar-refractivity contribution in [1.29, 1.82) is 0 Å². The molecule has 0 aliphatic carbocycles. The van der Waals surface area contributed by atoms with Crippen molar-refractivity contribution in [2.24, 2.45) is 0 Å². The van der Waals surface area contributed by atoms with E-state index in [-0.39, 0.29) is 5.91 Å². The number of carbonyl (C=O) groups excluding carboxylic acids is 1. The van der Waals surface area contributed by atoms with Gasteiger partial charge < -0.3 is 16.0 Å². The Balaban J connectivity index is 1.78. The van der Waals surface area contributed by atoms with Crippen LogP contribution in [0.1, 0.15) is 32.3 Å². The second-order valence-electron chi connectivity index (χ2n) is 6.42. The molecular formula is C20H22N6O. The first kappa shape index (κ1) is 18.3. The lowest BCUT2D eigenvalue weighted by atomic mass is 10.0. The summed E-state index contributed by atoms with van der Waals surface area (Å²) >= 11 is 0. The van der Waals surface area contributed by atoms with Gasteiger partial charge in [0.05, 0.1) is 6.20 Å². The molecule has 0 aliphatic heterocycles. The zero-order valence-electron chi connectivity index (χ0n) is 15.5. The monoisotopic (exact) mass is 362 g/mol. The minimum atomic E-state index is -0.119. The average Bonchev–Trinajstić information content (AvgIpc) is 2.62. The molecule has 1 amide bonds. The topological polar surface area (TPSA) is 91.8 Å². The van der Waals surface area contributed by atoms with E-state index in [0.717, 1.165) is 11.4 Å². The second kappa shape index (κ2) is 8.27. The van der Waals surface area contributed by atoms with Crippen LogP contribution >= 0.6 is 0 Å². The van der Waals surface area contributed by atoms with Gasteiger partial charge in [-0.2, -0.15) is 10.1 Å². The molecule has 1 aromatic heterocycles. The van der Waals surface area contributed by atoms with Crippen molar-refractivity contribution in [3.8, 4) is 0 Å². The molecule has 0 saturated heterocycles. The number of hydrogen-bond donors (Lipinski definition) is 3. The van der Waals surface area contributed by atoms with Gasteiger partial charge in [0.2, 0.25) is 11.9 Å². The smallest absolute Gasteiger partial charge is 0.249 e. The van der Waals surface area contributed by atoms with Crippen molar-refractivity contribution in [2.45, 2.75) is 26.7 Å². The Labute approximate surface area is 158 Å². The minimum absolute atomic E-state index is 0.119. The molecule has 0 aliphatic rings. The molecule has 2 aromatic carbocycles. The molecule has 3 N–H and O–H groups in total. The lowest BCUT2D eigenvalue weighted by Crippen LogP contribution is -2.06. The van der Waals surface area contributed by atoms with E-state index >= 15 is 0 Å². The summed E-state index contributed by atoms with van der Waals surface area (Å²) in [6.45, 7) is 5.75. The Morgan fingerprint density at radius 2 is 1.78 bits per heavy atom. The lowest BCUT2D eigenvalue weighted by molar-refractivity contribution is -0.114. The fourth-order valence-corrected chi connectivity index (χ4v) is 2.68. The molecule has 7 heteroatoms. The van der Waals surface area contributed by atoms with E-state index in [2.05, 4.69) is 51.0 Å². The van der Waals surface area contributed by atoms with Gasteiger partial charge in [0.15, 0.2) is 5.82 Å². The highest BCUT2D eigenvalue weighted by Crippen LogP contribution is 2.26. The minimum Gasteiger partial charge on any atom is -0.339 e. The van der Waals surface area contributed by atoms with Crippen molar-refractivity contribution in [3.05, 3.63) is 60.3 Å². The van der Waals surface area contributed by atoms with Gasteiger partial charge in [-0.15, -0.1) is 5.10 Å². The predicted molar refractivity (Wildman–Crippen MR) is 108 cm³/mol. The van der Waals surface area contributed by atoms with Gasteiger partial charge in [-0.05, 0) is 35.7 Å². The maximum Gasteiger partial charge on any atom is 0.249 e. The molecule has 7 nitrogen and oxygen atoms in total. The summed E-state index contributed by atoms with van der Waals surface area (Å²) < 4.78 is 0. The van der Waals surface area contributed by atoms with Gasteiger partial charge >= 0.3 is 0 Å². The van der Waals surface area contributed by atoms with Crippen LogP contribution in [0.25, 0.3) is 0 Å². The quantitative estimate of drug-likeness (QED) is 0.600. The summed E-state index contributed by atoms with van der Waals surface area (Å²) in [5.74, 6) is 1.21. The number of hydrogen-bond acceptors (Lipinski definition) is 6. The van der Waals surface area contributed by atoms with Gasteiger partial charge in [-0.25, -0.2) is 0 Å². The third kappa shape index (κ3) is 5.01. The zero-order chi connectivity index (χ0) is 19.2.